The zero-order chi connectivity index (χ0) is 20.6. The summed E-state index contributed by atoms with van der Waals surface area (Å²) in [5, 5.41) is 7.49. The van der Waals surface area contributed by atoms with Crippen LogP contribution in [0.3, 0.4) is 0 Å². The summed E-state index contributed by atoms with van der Waals surface area (Å²) in [5.74, 6) is -0.635. The average molecular weight is 430 g/mol. The largest absolute Gasteiger partial charge is 0.352 e. The van der Waals surface area contributed by atoms with Crippen molar-refractivity contribution in [1.29, 1.82) is 0 Å². The van der Waals surface area contributed by atoms with Crippen LogP contribution in [0, 0.1) is 12.7 Å². The van der Waals surface area contributed by atoms with Crippen molar-refractivity contribution in [2.45, 2.75) is 17.7 Å². The van der Waals surface area contributed by atoms with Crippen molar-refractivity contribution < 1.29 is 14.0 Å². The van der Waals surface area contributed by atoms with Gasteiger partial charge in [-0.15, -0.1) is 11.3 Å². The molecule has 0 unspecified atom stereocenters. The summed E-state index contributed by atoms with van der Waals surface area (Å²) < 4.78 is 14.9. The van der Waals surface area contributed by atoms with Gasteiger partial charge >= 0.3 is 0 Å². The number of carbonyl (C=O) groups excluding carboxylic acids is 2. The van der Waals surface area contributed by atoms with Crippen LogP contribution in [-0.2, 0) is 0 Å². The van der Waals surface area contributed by atoms with Crippen molar-refractivity contribution in [2.24, 2.45) is 0 Å². The van der Waals surface area contributed by atoms with E-state index in [0.29, 0.717) is 17.8 Å². The Hall–Kier alpha value is -2.71. The van der Waals surface area contributed by atoms with E-state index in [1.807, 2.05) is 5.38 Å². The van der Waals surface area contributed by atoms with Crippen LogP contribution in [0.25, 0.3) is 0 Å². The highest BCUT2D eigenvalue weighted by Crippen LogP contribution is 2.23. The van der Waals surface area contributed by atoms with Gasteiger partial charge in [-0.05, 0) is 37.1 Å². The van der Waals surface area contributed by atoms with Gasteiger partial charge < -0.3 is 10.6 Å². The van der Waals surface area contributed by atoms with Crippen LogP contribution < -0.4 is 10.6 Å². The fourth-order valence-corrected chi connectivity index (χ4v) is 4.31. The predicted molar refractivity (Wildman–Crippen MR) is 115 cm³/mol. The molecule has 2 amide bonds. The lowest BCUT2D eigenvalue weighted by atomic mass is 10.1. The highest BCUT2D eigenvalue weighted by Gasteiger charge is 2.17. The Kier molecular flexibility index (Phi) is 7.37. The summed E-state index contributed by atoms with van der Waals surface area (Å²) in [6.45, 7) is 2.30. The molecule has 0 aliphatic rings. The molecule has 0 saturated carbocycles. The fraction of sp³-hybridized carbons (Fsp3) is 0.190. The minimum Gasteiger partial charge on any atom is -0.352 e. The molecule has 0 fully saturated rings. The Morgan fingerprint density at radius 1 is 1.10 bits per heavy atom. The molecule has 1 heterocycles. The molecular formula is C21H20FN3O2S2. The van der Waals surface area contributed by atoms with Crippen LogP contribution >= 0.6 is 23.1 Å². The van der Waals surface area contributed by atoms with E-state index in [4.69, 9.17) is 0 Å². The lowest BCUT2D eigenvalue weighted by molar-refractivity contribution is 0.0954. The Morgan fingerprint density at radius 3 is 2.66 bits per heavy atom. The van der Waals surface area contributed by atoms with Crippen molar-refractivity contribution in [2.75, 3.05) is 17.6 Å². The van der Waals surface area contributed by atoms with Gasteiger partial charge in [0, 0.05) is 23.9 Å². The first-order chi connectivity index (χ1) is 14.1. The number of benzene rings is 2. The van der Waals surface area contributed by atoms with Gasteiger partial charge in [0.15, 0.2) is 0 Å². The average Bonchev–Trinajstić information content (AvgIpc) is 3.23. The molecule has 8 heteroatoms. The molecule has 3 aromatic rings. The quantitative estimate of drug-likeness (QED) is 0.400. The minimum atomic E-state index is -0.609. The second-order valence-corrected chi connectivity index (χ2v) is 8.42. The van der Waals surface area contributed by atoms with E-state index in [2.05, 4.69) is 15.6 Å². The summed E-state index contributed by atoms with van der Waals surface area (Å²) in [4.78, 5) is 29.3. The molecule has 0 aliphatic carbocycles. The number of thiazole rings is 1. The number of carbonyl (C=O) groups is 2. The van der Waals surface area contributed by atoms with Gasteiger partial charge in [-0.1, -0.05) is 36.0 Å². The van der Waals surface area contributed by atoms with Gasteiger partial charge in [0.2, 0.25) is 0 Å². The summed E-state index contributed by atoms with van der Waals surface area (Å²) in [6, 6.07) is 10.9. The van der Waals surface area contributed by atoms with Crippen LogP contribution in [0.1, 0.15) is 32.7 Å². The van der Waals surface area contributed by atoms with Gasteiger partial charge in [-0.3, -0.25) is 9.59 Å². The second-order valence-electron chi connectivity index (χ2n) is 6.19. The topological polar surface area (TPSA) is 71.1 Å². The third-order valence-corrected chi connectivity index (χ3v) is 6.17. The summed E-state index contributed by atoms with van der Waals surface area (Å²) in [6.07, 6.45) is 2.56. The molecule has 1 aromatic heterocycles. The molecule has 2 aromatic carbocycles. The van der Waals surface area contributed by atoms with Gasteiger partial charge in [0.25, 0.3) is 11.8 Å². The Morgan fingerprint density at radius 2 is 1.90 bits per heavy atom. The lowest BCUT2D eigenvalue weighted by Gasteiger charge is -2.14. The summed E-state index contributed by atoms with van der Waals surface area (Å²) in [7, 11) is 0. The number of hydrogen-bond donors (Lipinski definition) is 2. The number of anilines is 1. The molecule has 29 heavy (non-hydrogen) atoms. The van der Waals surface area contributed by atoms with E-state index in [-0.39, 0.29) is 11.5 Å². The molecule has 0 bridgehead atoms. The molecule has 0 spiro atoms. The zero-order valence-electron chi connectivity index (χ0n) is 15.8. The van der Waals surface area contributed by atoms with Crippen LogP contribution in [-0.4, -0.2) is 29.1 Å². The van der Waals surface area contributed by atoms with Crippen LogP contribution in [0.4, 0.5) is 10.1 Å². The first kappa shape index (κ1) is 21.0. The SMILES string of the molecule is Cc1cccc(C(=O)NCCCSc2nccs2)c1NC(=O)c1ccccc1F. The molecule has 0 radical (unpaired) electrons. The number of aromatic nitrogens is 1. The number of halogens is 1. The standard InChI is InChI=1S/C21H20FN3O2S2/c1-14-6-4-8-16(18(14)25-20(27)15-7-2-3-9-17(15)22)19(26)23-10-5-12-28-21-24-11-13-29-21/h2-4,6-9,11,13H,5,10,12H2,1H3,(H,23,26)(H,25,27). The normalized spacial score (nSPS) is 10.6. The Bertz CT molecular complexity index is 993. The fourth-order valence-electron chi connectivity index (χ4n) is 2.66. The molecule has 0 aliphatic heterocycles. The summed E-state index contributed by atoms with van der Waals surface area (Å²) >= 11 is 3.24. The van der Waals surface area contributed by atoms with E-state index < -0.39 is 11.7 Å². The second kappa shape index (κ2) is 10.2. The lowest BCUT2D eigenvalue weighted by Crippen LogP contribution is -2.27. The Labute approximate surface area is 176 Å². The number of nitrogens with one attached hydrogen (secondary N) is 2. The zero-order valence-corrected chi connectivity index (χ0v) is 17.4. The molecule has 0 saturated heterocycles. The predicted octanol–water partition coefficient (Wildman–Crippen LogP) is 4.76. The number of amides is 2. The van der Waals surface area contributed by atoms with E-state index >= 15 is 0 Å². The number of para-hydroxylation sites is 1. The molecule has 2 N–H and O–H groups in total. The maximum atomic E-state index is 13.9. The third-order valence-electron chi connectivity index (χ3n) is 4.12. The van der Waals surface area contributed by atoms with Gasteiger partial charge in [-0.25, -0.2) is 9.37 Å². The van der Waals surface area contributed by atoms with Crippen LogP contribution in [0.5, 0.6) is 0 Å². The molecule has 150 valence electrons. The van der Waals surface area contributed by atoms with Crippen molar-refractivity contribution >= 4 is 40.6 Å². The minimum absolute atomic E-state index is 0.0682. The maximum Gasteiger partial charge on any atom is 0.258 e. The number of aryl methyl sites for hydroxylation is 1. The smallest absolute Gasteiger partial charge is 0.258 e. The monoisotopic (exact) mass is 429 g/mol. The molecule has 5 nitrogen and oxygen atoms in total. The van der Waals surface area contributed by atoms with Crippen LogP contribution in [0.2, 0.25) is 0 Å². The number of thioether (sulfide) groups is 1. The van der Waals surface area contributed by atoms with E-state index in [1.54, 1.807) is 60.5 Å². The Balaban J connectivity index is 1.62. The van der Waals surface area contributed by atoms with E-state index in [0.717, 1.165) is 22.1 Å². The van der Waals surface area contributed by atoms with Gasteiger partial charge in [0.05, 0.1) is 16.8 Å². The molecule has 3 rings (SSSR count). The van der Waals surface area contributed by atoms with Gasteiger partial charge in [-0.2, -0.15) is 0 Å². The summed E-state index contributed by atoms with van der Waals surface area (Å²) in [5.41, 5.74) is 1.39. The third kappa shape index (κ3) is 5.65. The van der Waals surface area contributed by atoms with Gasteiger partial charge in [0.1, 0.15) is 10.2 Å². The number of hydrogen-bond acceptors (Lipinski definition) is 5. The van der Waals surface area contributed by atoms with Crippen molar-refractivity contribution in [3.05, 3.63) is 76.5 Å². The van der Waals surface area contributed by atoms with Crippen molar-refractivity contribution in [1.82, 2.24) is 10.3 Å². The number of nitrogens with zero attached hydrogens (tertiary/aromatic N) is 1. The van der Waals surface area contributed by atoms with Crippen molar-refractivity contribution in [3.63, 3.8) is 0 Å². The van der Waals surface area contributed by atoms with E-state index in [9.17, 15) is 14.0 Å². The number of rotatable bonds is 8. The highest BCUT2D eigenvalue weighted by atomic mass is 32.2. The first-order valence-corrected chi connectivity index (χ1v) is 10.9. The van der Waals surface area contributed by atoms with Crippen LogP contribution in [0.15, 0.2) is 58.4 Å². The molecular weight excluding hydrogens is 409 g/mol. The maximum absolute atomic E-state index is 13.9. The van der Waals surface area contributed by atoms with Crippen molar-refractivity contribution in [3.8, 4) is 0 Å². The molecule has 0 atom stereocenters. The first-order valence-electron chi connectivity index (χ1n) is 9.02. The van der Waals surface area contributed by atoms with E-state index in [1.165, 1.54) is 18.2 Å². The highest BCUT2D eigenvalue weighted by molar-refractivity contribution is 8.00.